The number of nitriles is 1. The van der Waals surface area contributed by atoms with E-state index in [-0.39, 0.29) is 13.2 Å². The molecule has 1 rings (SSSR count). The first-order valence-corrected chi connectivity index (χ1v) is 7.42. The van der Waals surface area contributed by atoms with Gasteiger partial charge in [0.15, 0.2) is 0 Å². The van der Waals surface area contributed by atoms with Crippen molar-refractivity contribution in [1.82, 2.24) is 10.6 Å². The van der Waals surface area contributed by atoms with Crippen LogP contribution < -0.4 is 10.6 Å². The topological polar surface area (TPSA) is 91.2 Å². The molecule has 9 heteroatoms. The van der Waals surface area contributed by atoms with E-state index in [2.05, 4.69) is 10.6 Å². The molecular formula is C16H18F3N3O3. The van der Waals surface area contributed by atoms with Crippen molar-refractivity contribution in [3.63, 3.8) is 0 Å². The first kappa shape index (κ1) is 20.3. The van der Waals surface area contributed by atoms with E-state index < -0.39 is 36.6 Å². The Labute approximate surface area is 143 Å². The lowest BCUT2D eigenvalue weighted by Gasteiger charge is -2.22. The van der Waals surface area contributed by atoms with Gasteiger partial charge in [0.25, 0.3) is 0 Å². The summed E-state index contributed by atoms with van der Waals surface area (Å²) in [6.45, 7) is 0.437. The molecule has 1 unspecified atom stereocenters. The second kappa shape index (κ2) is 9.52. The molecule has 0 bridgehead atoms. The minimum absolute atomic E-state index is 0.0893. The molecule has 0 radical (unpaired) electrons. The normalized spacial score (nSPS) is 13.2. The summed E-state index contributed by atoms with van der Waals surface area (Å²) in [6.07, 6.45) is -6.19. The van der Waals surface area contributed by atoms with E-state index in [9.17, 15) is 22.8 Å². The van der Waals surface area contributed by atoms with Crippen molar-refractivity contribution in [3.8, 4) is 6.07 Å². The van der Waals surface area contributed by atoms with E-state index in [0.717, 1.165) is 6.92 Å². The van der Waals surface area contributed by atoms with Crippen LogP contribution in [0.15, 0.2) is 30.3 Å². The van der Waals surface area contributed by atoms with E-state index in [1.54, 1.807) is 36.4 Å². The lowest BCUT2D eigenvalue weighted by Crippen LogP contribution is -2.48. The molecule has 0 fully saturated rings. The second-order valence-corrected chi connectivity index (χ2v) is 5.31. The number of rotatable bonds is 7. The smallest absolute Gasteiger partial charge is 0.408 e. The van der Waals surface area contributed by atoms with Crippen LogP contribution in [0.25, 0.3) is 0 Å². The van der Waals surface area contributed by atoms with Crippen LogP contribution in [0.5, 0.6) is 0 Å². The summed E-state index contributed by atoms with van der Waals surface area (Å²) in [4.78, 5) is 23.7. The van der Waals surface area contributed by atoms with Crippen molar-refractivity contribution in [2.24, 2.45) is 5.92 Å². The largest absolute Gasteiger partial charge is 0.445 e. The predicted molar refractivity (Wildman–Crippen MR) is 82.0 cm³/mol. The maximum Gasteiger partial charge on any atom is 0.408 e. The number of nitrogens with zero attached hydrogens (tertiary/aromatic N) is 1. The molecule has 2 N–H and O–H groups in total. The minimum atomic E-state index is -4.51. The van der Waals surface area contributed by atoms with Crippen molar-refractivity contribution in [1.29, 1.82) is 5.26 Å². The number of alkyl carbamates (subject to hydrolysis) is 1. The molecule has 0 aliphatic heterocycles. The third kappa shape index (κ3) is 7.56. The van der Waals surface area contributed by atoms with Gasteiger partial charge in [-0.1, -0.05) is 37.3 Å². The fraction of sp³-hybridized carbons (Fsp3) is 0.438. The summed E-state index contributed by atoms with van der Waals surface area (Å²) in [5.41, 5.74) is 0.687. The highest BCUT2D eigenvalue weighted by Gasteiger charge is 2.39. The standard InChI is InChI=1S/C16H18F3N3O3/c1-11(16(17,18)19)9-13(14(23)21-8-7-20)22-15(24)25-10-12-5-3-2-4-6-12/h2-6,11,13H,8-10H2,1H3,(H,21,23)(H,22,24)/t11?,13-/m0/s1. The van der Waals surface area contributed by atoms with Gasteiger partial charge in [0, 0.05) is 0 Å². The van der Waals surface area contributed by atoms with Gasteiger partial charge < -0.3 is 15.4 Å². The lowest BCUT2D eigenvalue weighted by atomic mass is 10.0. The highest BCUT2D eigenvalue weighted by molar-refractivity contribution is 5.85. The molecule has 0 aromatic heterocycles. The lowest BCUT2D eigenvalue weighted by molar-refractivity contribution is -0.173. The average molecular weight is 357 g/mol. The van der Waals surface area contributed by atoms with Gasteiger partial charge in [0.2, 0.25) is 5.91 Å². The minimum Gasteiger partial charge on any atom is -0.445 e. The Morgan fingerprint density at radius 1 is 1.28 bits per heavy atom. The third-order valence-corrected chi connectivity index (χ3v) is 3.31. The van der Waals surface area contributed by atoms with E-state index in [4.69, 9.17) is 10.00 Å². The average Bonchev–Trinajstić information content (AvgIpc) is 2.57. The van der Waals surface area contributed by atoms with Gasteiger partial charge in [-0.05, 0) is 12.0 Å². The van der Waals surface area contributed by atoms with Crippen molar-refractivity contribution in [2.75, 3.05) is 6.54 Å². The molecule has 0 aliphatic carbocycles. The summed E-state index contributed by atoms with van der Waals surface area (Å²) < 4.78 is 43.0. The van der Waals surface area contributed by atoms with Gasteiger partial charge in [0.05, 0.1) is 12.0 Å². The SMILES string of the molecule is CC(C[C@H](NC(=O)OCc1ccccc1)C(=O)NCC#N)C(F)(F)F. The molecule has 2 atom stereocenters. The number of carbonyl (C=O) groups is 2. The molecular weight excluding hydrogens is 339 g/mol. The van der Waals surface area contributed by atoms with E-state index in [1.165, 1.54) is 0 Å². The summed E-state index contributed by atoms with van der Waals surface area (Å²) >= 11 is 0. The number of amides is 2. The van der Waals surface area contributed by atoms with Gasteiger partial charge in [0.1, 0.15) is 19.2 Å². The fourth-order valence-electron chi connectivity index (χ4n) is 1.88. The Balaban J connectivity index is 2.66. The van der Waals surface area contributed by atoms with Crippen LogP contribution in [0.1, 0.15) is 18.9 Å². The van der Waals surface area contributed by atoms with Gasteiger partial charge >= 0.3 is 12.3 Å². The second-order valence-electron chi connectivity index (χ2n) is 5.31. The fourth-order valence-corrected chi connectivity index (χ4v) is 1.88. The number of alkyl halides is 3. The summed E-state index contributed by atoms with van der Waals surface area (Å²) in [5, 5.41) is 12.7. The highest BCUT2D eigenvalue weighted by atomic mass is 19.4. The number of carbonyl (C=O) groups excluding carboxylic acids is 2. The number of hydrogen-bond donors (Lipinski definition) is 2. The molecule has 1 aromatic carbocycles. The highest BCUT2D eigenvalue weighted by Crippen LogP contribution is 2.29. The molecule has 0 heterocycles. The van der Waals surface area contributed by atoms with Gasteiger partial charge in [-0.3, -0.25) is 4.79 Å². The maximum atomic E-state index is 12.7. The first-order chi connectivity index (χ1) is 11.7. The molecule has 0 spiro atoms. The number of hydrogen-bond acceptors (Lipinski definition) is 4. The Morgan fingerprint density at radius 3 is 2.48 bits per heavy atom. The Hall–Kier alpha value is -2.76. The van der Waals surface area contributed by atoms with Crippen molar-refractivity contribution >= 4 is 12.0 Å². The first-order valence-electron chi connectivity index (χ1n) is 7.42. The Kier molecular flexibility index (Phi) is 7.72. The van der Waals surface area contributed by atoms with Crippen LogP contribution in [0.3, 0.4) is 0 Å². The quantitative estimate of drug-likeness (QED) is 0.734. The monoisotopic (exact) mass is 357 g/mol. The van der Waals surface area contributed by atoms with Crippen LogP contribution in [-0.2, 0) is 16.1 Å². The van der Waals surface area contributed by atoms with E-state index in [0.29, 0.717) is 5.56 Å². The van der Waals surface area contributed by atoms with Gasteiger partial charge in [-0.15, -0.1) is 0 Å². The number of halogens is 3. The zero-order chi connectivity index (χ0) is 18.9. The molecule has 0 saturated carbocycles. The number of ether oxygens (including phenoxy) is 1. The number of nitrogens with one attached hydrogen (secondary N) is 2. The molecule has 0 saturated heterocycles. The Bertz CT molecular complexity index is 615. The van der Waals surface area contributed by atoms with Crippen LogP contribution in [0.4, 0.5) is 18.0 Å². The van der Waals surface area contributed by atoms with Crippen molar-refractivity contribution in [2.45, 2.75) is 32.2 Å². The third-order valence-electron chi connectivity index (χ3n) is 3.31. The zero-order valence-electron chi connectivity index (χ0n) is 13.5. The predicted octanol–water partition coefficient (Wildman–Crippen LogP) is 2.51. The summed E-state index contributed by atoms with van der Waals surface area (Å²) in [7, 11) is 0. The molecule has 2 amide bonds. The molecule has 0 aliphatic rings. The zero-order valence-corrected chi connectivity index (χ0v) is 13.5. The summed E-state index contributed by atoms with van der Waals surface area (Å²) in [6, 6.07) is 8.83. The van der Waals surface area contributed by atoms with Crippen molar-refractivity contribution < 1.29 is 27.5 Å². The molecule has 136 valence electrons. The van der Waals surface area contributed by atoms with Crippen LogP contribution >= 0.6 is 0 Å². The van der Waals surface area contributed by atoms with Gasteiger partial charge in [-0.25, -0.2) is 4.79 Å². The van der Waals surface area contributed by atoms with Crippen molar-refractivity contribution in [3.05, 3.63) is 35.9 Å². The Morgan fingerprint density at radius 2 is 1.92 bits per heavy atom. The van der Waals surface area contributed by atoms with Gasteiger partial charge in [-0.2, -0.15) is 18.4 Å². The maximum absolute atomic E-state index is 12.7. The van der Waals surface area contributed by atoms with E-state index >= 15 is 0 Å². The molecule has 1 aromatic rings. The molecule has 25 heavy (non-hydrogen) atoms. The van der Waals surface area contributed by atoms with Crippen LogP contribution in [0.2, 0.25) is 0 Å². The van der Waals surface area contributed by atoms with Crippen LogP contribution in [-0.4, -0.2) is 30.8 Å². The van der Waals surface area contributed by atoms with Crippen LogP contribution in [0, 0.1) is 17.2 Å². The summed E-state index contributed by atoms with van der Waals surface area (Å²) in [5.74, 6) is -2.70. The van der Waals surface area contributed by atoms with E-state index in [1.807, 2.05) is 0 Å². The molecule has 6 nitrogen and oxygen atoms in total. The number of benzene rings is 1.